The zero-order valence-corrected chi connectivity index (χ0v) is 17.8. The van der Waals surface area contributed by atoms with Crippen LogP contribution < -0.4 is 0 Å². The largest absolute Gasteiger partial charge is 0.507 e. The first-order valence-corrected chi connectivity index (χ1v) is 10.3. The third kappa shape index (κ3) is 4.36. The lowest BCUT2D eigenvalue weighted by Gasteiger charge is -2.25. The van der Waals surface area contributed by atoms with E-state index in [-0.39, 0.29) is 17.9 Å². The second-order valence-electron chi connectivity index (χ2n) is 7.45. The van der Waals surface area contributed by atoms with Crippen molar-refractivity contribution in [1.29, 1.82) is 0 Å². The second-order valence-corrected chi connectivity index (χ2v) is 7.45. The molecule has 8 heteroatoms. The molecule has 4 rings (SSSR count). The van der Waals surface area contributed by atoms with E-state index in [0.29, 0.717) is 23.1 Å². The van der Waals surface area contributed by atoms with Gasteiger partial charge in [0.05, 0.1) is 24.3 Å². The Kier molecular flexibility index (Phi) is 6.26. The van der Waals surface area contributed by atoms with Crippen molar-refractivity contribution >= 4 is 23.4 Å². The molecule has 1 aliphatic heterocycles. The monoisotopic (exact) mass is 443 g/mol. The summed E-state index contributed by atoms with van der Waals surface area (Å²) in [5.74, 6) is -2.22. The first-order chi connectivity index (χ1) is 16.0. The molecule has 1 fully saturated rings. The van der Waals surface area contributed by atoms with Crippen LogP contribution in [0.5, 0.6) is 0 Å². The number of likely N-dealkylation sites (tertiary alicyclic amines) is 1. The molecule has 8 nitrogen and oxygen atoms in total. The van der Waals surface area contributed by atoms with Crippen molar-refractivity contribution in [3.8, 4) is 0 Å². The highest BCUT2D eigenvalue weighted by Crippen LogP contribution is 2.39. The molecule has 2 aromatic heterocycles. The van der Waals surface area contributed by atoms with E-state index in [1.165, 1.54) is 24.4 Å². The number of hydrogen-bond donors (Lipinski definition) is 1. The molecule has 1 atom stereocenters. The summed E-state index contributed by atoms with van der Waals surface area (Å²) in [5.41, 5.74) is 2.26. The number of rotatable bonds is 6. The topological polar surface area (TPSA) is 110 Å². The van der Waals surface area contributed by atoms with E-state index in [0.717, 1.165) is 5.56 Å². The molecule has 0 saturated carbocycles. The summed E-state index contributed by atoms with van der Waals surface area (Å²) < 4.78 is 4.74. The molecule has 0 aliphatic carbocycles. The van der Waals surface area contributed by atoms with Gasteiger partial charge in [0.1, 0.15) is 5.76 Å². The third-order valence-corrected chi connectivity index (χ3v) is 5.53. The number of aliphatic hydroxyl groups is 1. The van der Waals surface area contributed by atoms with Gasteiger partial charge in [-0.2, -0.15) is 0 Å². The quantitative estimate of drug-likeness (QED) is 0.270. The molecule has 1 amide bonds. The van der Waals surface area contributed by atoms with Crippen LogP contribution in [0.25, 0.3) is 5.76 Å². The number of esters is 1. The van der Waals surface area contributed by atoms with Gasteiger partial charge in [-0.25, -0.2) is 4.79 Å². The minimum absolute atomic E-state index is 0.00764. The van der Waals surface area contributed by atoms with Crippen LogP contribution in [0.2, 0.25) is 0 Å². The molecular formula is C25H21N3O5. The van der Waals surface area contributed by atoms with Crippen molar-refractivity contribution in [2.45, 2.75) is 12.5 Å². The van der Waals surface area contributed by atoms with Gasteiger partial charge in [-0.1, -0.05) is 12.1 Å². The highest BCUT2D eigenvalue weighted by atomic mass is 16.5. The zero-order valence-electron chi connectivity index (χ0n) is 17.8. The fraction of sp³-hybridized carbons (Fsp3) is 0.160. The lowest BCUT2D eigenvalue weighted by atomic mass is 9.94. The first kappa shape index (κ1) is 21.9. The van der Waals surface area contributed by atoms with Gasteiger partial charge in [0.2, 0.25) is 0 Å². The average molecular weight is 443 g/mol. The second kappa shape index (κ2) is 9.44. The summed E-state index contributed by atoms with van der Waals surface area (Å²) in [5, 5.41) is 11.0. The molecule has 3 heterocycles. The molecule has 1 N–H and O–H groups in total. The average Bonchev–Trinajstić information content (AvgIpc) is 3.12. The number of aromatic nitrogens is 2. The summed E-state index contributed by atoms with van der Waals surface area (Å²) in [7, 11) is 1.29. The Morgan fingerprint density at radius 1 is 0.939 bits per heavy atom. The Hall–Kier alpha value is -4.33. The molecule has 1 unspecified atom stereocenters. The lowest BCUT2D eigenvalue weighted by Crippen LogP contribution is -2.31. The number of ketones is 1. The van der Waals surface area contributed by atoms with Gasteiger partial charge >= 0.3 is 5.97 Å². The maximum Gasteiger partial charge on any atom is 0.337 e. The smallest absolute Gasteiger partial charge is 0.337 e. The lowest BCUT2D eigenvalue weighted by molar-refractivity contribution is -0.139. The number of Topliss-reactive ketones (excluding diaryl/α,β-unsaturated/α-hetero) is 1. The highest BCUT2D eigenvalue weighted by Gasteiger charge is 2.45. The van der Waals surface area contributed by atoms with Gasteiger partial charge in [-0.05, 0) is 53.9 Å². The Morgan fingerprint density at radius 2 is 1.55 bits per heavy atom. The van der Waals surface area contributed by atoms with Crippen molar-refractivity contribution in [2.24, 2.45) is 0 Å². The van der Waals surface area contributed by atoms with Crippen molar-refractivity contribution < 1.29 is 24.2 Å². The van der Waals surface area contributed by atoms with Gasteiger partial charge in [-0.3, -0.25) is 19.6 Å². The van der Waals surface area contributed by atoms with E-state index in [2.05, 4.69) is 9.97 Å². The van der Waals surface area contributed by atoms with Crippen molar-refractivity contribution in [3.05, 3.63) is 101 Å². The summed E-state index contributed by atoms with van der Waals surface area (Å²) in [6.45, 7) is 0.255. The van der Waals surface area contributed by atoms with E-state index >= 15 is 0 Å². The van der Waals surface area contributed by atoms with E-state index in [9.17, 15) is 19.5 Å². The molecule has 1 aliphatic rings. The number of carbonyl (C=O) groups excluding carboxylic acids is 3. The van der Waals surface area contributed by atoms with E-state index in [4.69, 9.17) is 4.74 Å². The van der Waals surface area contributed by atoms with Crippen LogP contribution in [-0.2, 0) is 20.7 Å². The standard InChI is InChI=1S/C25H21N3O5/c1-33-25(32)19-4-2-17(3-5-19)21-20(22(29)18-8-13-27-14-9-18)23(30)24(31)28(21)15-10-16-6-11-26-12-7-16/h2-9,11-14,21,29H,10,15H2,1H3/b22-20+. The summed E-state index contributed by atoms with van der Waals surface area (Å²) >= 11 is 0. The first-order valence-electron chi connectivity index (χ1n) is 10.3. The fourth-order valence-corrected chi connectivity index (χ4v) is 3.84. The molecule has 0 radical (unpaired) electrons. The summed E-state index contributed by atoms with van der Waals surface area (Å²) in [4.78, 5) is 47.3. The predicted molar refractivity (Wildman–Crippen MR) is 119 cm³/mol. The van der Waals surface area contributed by atoms with E-state index in [1.54, 1.807) is 48.8 Å². The van der Waals surface area contributed by atoms with Crippen LogP contribution in [0.1, 0.15) is 33.1 Å². The van der Waals surface area contributed by atoms with Crippen LogP contribution in [0.15, 0.2) is 78.9 Å². The SMILES string of the molecule is COC(=O)c1ccc(C2/C(=C(\O)c3ccncc3)C(=O)C(=O)N2CCc2ccncc2)cc1. The number of methoxy groups -OCH3 is 1. The summed E-state index contributed by atoms with van der Waals surface area (Å²) in [6.07, 6.45) is 6.82. The van der Waals surface area contributed by atoms with Gasteiger partial charge in [0.15, 0.2) is 0 Å². The van der Waals surface area contributed by atoms with E-state index in [1.807, 2.05) is 12.1 Å². The number of benzene rings is 1. The van der Waals surface area contributed by atoms with Gasteiger partial charge in [-0.15, -0.1) is 0 Å². The van der Waals surface area contributed by atoms with Gasteiger partial charge in [0, 0.05) is 36.9 Å². The van der Waals surface area contributed by atoms with Gasteiger partial charge in [0.25, 0.3) is 11.7 Å². The molecule has 3 aromatic rings. The van der Waals surface area contributed by atoms with Crippen LogP contribution in [0.4, 0.5) is 0 Å². The van der Waals surface area contributed by atoms with E-state index < -0.39 is 23.7 Å². The number of carbonyl (C=O) groups is 3. The number of hydrogen-bond acceptors (Lipinski definition) is 7. The Bertz CT molecular complexity index is 1210. The predicted octanol–water partition coefficient (Wildman–Crippen LogP) is 2.93. The number of pyridine rings is 2. The Balaban J connectivity index is 1.77. The van der Waals surface area contributed by atoms with Crippen LogP contribution in [0.3, 0.4) is 0 Å². The zero-order chi connectivity index (χ0) is 23.4. The number of aliphatic hydroxyl groups excluding tert-OH is 1. The Morgan fingerprint density at radius 3 is 2.15 bits per heavy atom. The molecular weight excluding hydrogens is 422 g/mol. The normalized spacial score (nSPS) is 17.2. The third-order valence-electron chi connectivity index (χ3n) is 5.53. The van der Waals surface area contributed by atoms with Crippen LogP contribution in [-0.4, -0.2) is 51.3 Å². The summed E-state index contributed by atoms with van der Waals surface area (Å²) in [6, 6.07) is 12.4. The van der Waals surface area contributed by atoms with Crippen molar-refractivity contribution in [1.82, 2.24) is 14.9 Å². The fourth-order valence-electron chi connectivity index (χ4n) is 3.84. The highest BCUT2D eigenvalue weighted by molar-refractivity contribution is 6.46. The van der Waals surface area contributed by atoms with Crippen molar-refractivity contribution in [3.63, 3.8) is 0 Å². The maximum atomic E-state index is 13.0. The molecule has 0 bridgehead atoms. The molecule has 1 aromatic carbocycles. The minimum Gasteiger partial charge on any atom is -0.507 e. The van der Waals surface area contributed by atoms with Gasteiger partial charge < -0.3 is 14.7 Å². The maximum absolute atomic E-state index is 13.0. The Labute approximate surface area is 190 Å². The molecule has 1 saturated heterocycles. The molecule has 166 valence electrons. The van der Waals surface area contributed by atoms with Crippen molar-refractivity contribution in [2.75, 3.05) is 13.7 Å². The van der Waals surface area contributed by atoms with Crippen LogP contribution in [0, 0.1) is 0 Å². The number of amides is 1. The molecule has 33 heavy (non-hydrogen) atoms. The van der Waals surface area contributed by atoms with Crippen LogP contribution >= 0.6 is 0 Å². The number of nitrogens with zero attached hydrogens (tertiary/aromatic N) is 3. The minimum atomic E-state index is -0.813. The molecule has 0 spiro atoms. The number of ether oxygens (including phenoxy) is 1.